The summed E-state index contributed by atoms with van der Waals surface area (Å²) in [6, 6.07) is 10.9. The highest BCUT2D eigenvalue weighted by Gasteiger charge is 2.13. The van der Waals surface area contributed by atoms with Gasteiger partial charge in [0.1, 0.15) is 5.69 Å². The van der Waals surface area contributed by atoms with E-state index < -0.39 is 0 Å². The molecule has 0 aliphatic rings. The molecule has 6 nitrogen and oxygen atoms in total. The first-order chi connectivity index (χ1) is 13.0. The minimum absolute atomic E-state index is 0.0762. The molecule has 0 aliphatic carbocycles. The van der Waals surface area contributed by atoms with Crippen LogP contribution in [0.4, 0.5) is 11.4 Å². The zero-order valence-corrected chi connectivity index (χ0v) is 16.5. The maximum Gasteiger partial charge on any atom is 0.274 e. The maximum absolute atomic E-state index is 12.5. The van der Waals surface area contributed by atoms with E-state index in [0.717, 1.165) is 25.2 Å². The smallest absolute Gasteiger partial charge is 0.274 e. The number of nitrogens with zero attached hydrogens (tertiary/aromatic N) is 2. The van der Waals surface area contributed by atoms with Crippen LogP contribution in [0, 0.1) is 0 Å². The van der Waals surface area contributed by atoms with Crippen LogP contribution in [0.1, 0.15) is 55.0 Å². The lowest BCUT2D eigenvalue weighted by molar-refractivity contribution is 0.0939. The Bertz CT molecular complexity index is 770. The SMILES string of the molecule is CCC(C)NC(=O)c1ccnc(C(=O)Nc2ccc(N(CC)CC)cc2)c1. The maximum atomic E-state index is 12.5. The van der Waals surface area contributed by atoms with Crippen LogP contribution in [0.2, 0.25) is 0 Å². The van der Waals surface area contributed by atoms with Gasteiger partial charge in [0.2, 0.25) is 0 Å². The largest absolute Gasteiger partial charge is 0.372 e. The Morgan fingerprint density at radius 1 is 1.04 bits per heavy atom. The van der Waals surface area contributed by atoms with E-state index in [-0.39, 0.29) is 23.6 Å². The molecule has 0 aliphatic heterocycles. The predicted molar refractivity (Wildman–Crippen MR) is 109 cm³/mol. The monoisotopic (exact) mass is 368 g/mol. The van der Waals surface area contributed by atoms with Crippen molar-refractivity contribution < 1.29 is 9.59 Å². The van der Waals surface area contributed by atoms with Crippen LogP contribution in [0.3, 0.4) is 0 Å². The van der Waals surface area contributed by atoms with Crippen LogP contribution in [0.5, 0.6) is 0 Å². The average Bonchev–Trinajstić information content (AvgIpc) is 2.70. The summed E-state index contributed by atoms with van der Waals surface area (Å²) in [7, 11) is 0. The van der Waals surface area contributed by atoms with E-state index in [9.17, 15) is 9.59 Å². The van der Waals surface area contributed by atoms with Crippen molar-refractivity contribution in [3.63, 3.8) is 0 Å². The Labute approximate surface area is 161 Å². The van der Waals surface area contributed by atoms with Crippen LogP contribution < -0.4 is 15.5 Å². The Kier molecular flexibility index (Phi) is 7.34. The fourth-order valence-corrected chi connectivity index (χ4v) is 2.64. The van der Waals surface area contributed by atoms with E-state index >= 15 is 0 Å². The van der Waals surface area contributed by atoms with Gasteiger partial charge in [-0.05, 0) is 63.6 Å². The van der Waals surface area contributed by atoms with Gasteiger partial charge in [-0.3, -0.25) is 14.6 Å². The van der Waals surface area contributed by atoms with Gasteiger partial charge in [-0.25, -0.2) is 0 Å². The Balaban J connectivity index is 2.07. The number of carbonyl (C=O) groups is 2. The second kappa shape index (κ2) is 9.71. The molecule has 2 amide bonds. The van der Waals surface area contributed by atoms with Gasteiger partial charge < -0.3 is 15.5 Å². The predicted octanol–water partition coefficient (Wildman–Crippen LogP) is 3.71. The molecule has 0 saturated heterocycles. The summed E-state index contributed by atoms with van der Waals surface area (Å²) in [5.41, 5.74) is 2.43. The number of anilines is 2. The van der Waals surface area contributed by atoms with E-state index in [1.54, 1.807) is 6.07 Å². The van der Waals surface area contributed by atoms with Crippen LogP contribution in [-0.4, -0.2) is 35.9 Å². The number of nitrogens with one attached hydrogen (secondary N) is 2. The molecule has 2 rings (SSSR count). The molecule has 2 N–H and O–H groups in total. The van der Waals surface area contributed by atoms with Crippen molar-refractivity contribution in [1.29, 1.82) is 0 Å². The molecule has 0 fully saturated rings. The van der Waals surface area contributed by atoms with Gasteiger partial charge in [0.15, 0.2) is 0 Å². The molecule has 6 heteroatoms. The van der Waals surface area contributed by atoms with Crippen molar-refractivity contribution in [3.05, 3.63) is 53.9 Å². The lowest BCUT2D eigenvalue weighted by atomic mass is 10.1. The summed E-state index contributed by atoms with van der Waals surface area (Å²) >= 11 is 0. The number of aromatic nitrogens is 1. The van der Waals surface area contributed by atoms with Gasteiger partial charge in [-0.1, -0.05) is 6.92 Å². The quantitative estimate of drug-likeness (QED) is 0.745. The number of carbonyl (C=O) groups excluding carboxylic acids is 2. The molecule has 27 heavy (non-hydrogen) atoms. The van der Waals surface area contributed by atoms with Gasteiger partial charge >= 0.3 is 0 Å². The van der Waals surface area contributed by atoms with Gasteiger partial charge in [0.05, 0.1) is 0 Å². The Morgan fingerprint density at radius 3 is 2.30 bits per heavy atom. The first-order valence-electron chi connectivity index (χ1n) is 9.41. The summed E-state index contributed by atoms with van der Waals surface area (Å²) < 4.78 is 0. The van der Waals surface area contributed by atoms with E-state index in [1.807, 2.05) is 38.1 Å². The standard InChI is InChI=1S/C21H28N4O2/c1-5-15(4)23-20(26)16-12-13-22-19(14-16)21(27)24-17-8-10-18(11-9-17)25(6-2)7-3/h8-15H,5-7H2,1-4H3,(H,23,26)(H,24,27). The average molecular weight is 368 g/mol. The molecule has 1 unspecified atom stereocenters. The van der Waals surface area contributed by atoms with Crippen LogP contribution in [0.25, 0.3) is 0 Å². The van der Waals surface area contributed by atoms with Crippen molar-refractivity contribution in [2.24, 2.45) is 0 Å². The molecular formula is C21H28N4O2. The molecule has 1 heterocycles. The fourth-order valence-electron chi connectivity index (χ4n) is 2.64. The van der Waals surface area contributed by atoms with Gasteiger partial charge in [-0.2, -0.15) is 0 Å². The number of amides is 2. The zero-order chi connectivity index (χ0) is 19.8. The van der Waals surface area contributed by atoms with E-state index in [0.29, 0.717) is 11.3 Å². The third-order valence-corrected chi connectivity index (χ3v) is 4.50. The van der Waals surface area contributed by atoms with E-state index in [1.165, 1.54) is 12.3 Å². The minimum atomic E-state index is -0.344. The highest BCUT2D eigenvalue weighted by Crippen LogP contribution is 2.18. The first kappa shape index (κ1) is 20.4. The topological polar surface area (TPSA) is 74.3 Å². The summed E-state index contributed by atoms with van der Waals surface area (Å²) in [6.45, 7) is 10.0. The molecular weight excluding hydrogens is 340 g/mol. The second-order valence-corrected chi connectivity index (χ2v) is 6.39. The lowest BCUT2D eigenvalue weighted by Gasteiger charge is -2.21. The molecule has 1 aromatic carbocycles. The summed E-state index contributed by atoms with van der Waals surface area (Å²) in [6.07, 6.45) is 2.32. The zero-order valence-electron chi connectivity index (χ0n) is 16.5. The van der Waals surface area contributed by atoms with E-state index in [2.05, 4.69) is 34.4 Å². The Morgan fingerprint density at radius 2 is 1.70 bits per heavy atom. The molecule has 144 valence electrons. The second-order valence-electron chi connectivity index (χ2n) is 6.39. The van der Waals surface area contributed by atoms with Crippen molar-refractivity contribution in [2.75, 3.05) is 23.3 Å². The molecule has 0 spiro atoms. The number of hydrogen-bond donors (Lipinski definition) is 2. The summed E-state index contributed by atoms with van der Waals surface area (Å²) in [4.78, 5) is 31.0. The van der Waals surface area contributed by atoms with Crippen molar-refractivity contribution in [2.45, 2.75) is 40.2 Å². The molecule has 0 bridgehead atoms. The van der Waals surface area contributed by atoms with Gasteiger partial charge in [0, 0.05) is 42.3 Å². The fraction of sp³-hybridized carbons (Fsp3) is 0.381. The number of hydrogen-bond acceptors (Lipinski definition) is 4. The van der Waals surface area contributed by atoms with Crippen molar-refractivity contribution >= 4 is 23.2 Å². The van der Waals surface area contributed by atoms with Crippen molar-refractivity contribution in [1.82, 2.24) is 10.3 Å². The first-order valence-corrected chi connectivity index (χ1v) is 9.41. The number of rotatable bonds is 8. The number of pyridine rings is 1. The highest BCUT2D eigenvalue weighted by atomic mass is 16.2. The van der Waals surface area contributed by atoms with Crippen LogP contribution >= 0.6 is 0 Å². The summed E-state index contributed by atoms with van der Waals surface area (Å²) in [5.74, 6) is -0.548. The third kappa shape index (κ3) is 5.54. The lowest BCUT2D eigenvalue weighted by Crippen LogP contribution is -2.32. The van der Waals surface area contributed by atoms with Crippen LogP contribution in [0.15, 0.2) is 42.6 Å². The Hall–Kier alpha value is -2.89. The minimum Gasteiger partial charge on any atom is -0.372 e. The number of benzene rings is 1. The third-order valence-electron chi connectivity index (χ3n) is 4.50. The summed E-state index contributed by atoms with van der Waals surface area (Å²) in [5, 5.41) is 5.71. The molecule has 1 aromatic heterocycles. The van der Waals surface area contributed by atoms with Crippen LogP contribution in [-0.2, 0) is 0 Å². The molecule has 2 aromatic rings. The molecule has 0 radical (unpaired) electrons. The highest BCUT2D eigenvalue weighted by molar-refractivity contribution is 6.04. The molecule has 0 saturated carbocycles. The van der Waals surface area contributed by atoms with Crippen molar-refractivity contribution in [3.8, 4) is 0 Å². The normalized spacial score (nSPS) is 11.6. The van der Waals surface area contributed by atoms with E-state index in [4.69, 9.17) is 0 Å². The van der Waals surface area contributed by atoms with Gasteiger partial charge in [-0.15, -0.1) is 0 Å². The molecule has 1 atom stereocenters. The van der Waals surface area contributed by atoms with Gasteiger partial charge in [0.25, 0.3) is 11.8 Å².